The number of benzene rings is 3. The second kappa shape index (κ2) is 10.5. The van der Waals surface area contributed by atoms with Crippen molar-refractivity contribution in [2.75, 3.05) is 16.9 Å². The fourth-order valence-electron chi connectivity index (χ4n) is 3.50. The monoisotopic (exact) mass is 555 g/mol. The number of carbonyl (C=O) groups excluding carboxylic acids is 3. The zero-order valence-electron chi connectivity index (χ0n) is 19.1. The van der Waals surface area contributed by atoms with Gasteiger partial charge in [0.1, 0.15) is 5.75 Å². The van der Waals surface area contributed by atoms with E-state index in [-0.39, 0.29) is 41.6 Å². The van der Waals surface area contributed by atoms with Gasteiger partial charge in [0, 0.05) is 28.3 Å². The van der Waals surface area contributed by atoms with E-state index in [1.165, 1.54) is 4.90 Å². The average molecular weight is 557 g/mol. The van der Waals surface area contributed by atoms with Crippen LogP contribution in [0.5, 0.6) is 5.75 Å². The number of hydrogen-bond acceptors (Lipinski definition) is 4. The second-order valence-corrected chi connectivity index (χ2v) is 9.66. The highest BCUT2D eigenvalue weighted by atomic mass is 79.9. The summed E-state index contributed by atoms with van der Waals surface area (Å²) in [4.78, 5) is 39.5. The molecule has 4 rings (SSSR count). The number of hydrogen-bond donors (Lipinski definition) is 2. The number of fused-ring (bicyclic) bond motifs is 1. The third-order valence-corrected chi connectivity index (χ3v) is 6.33. The van der Waals surface area contributed by atoms with Crippen molar-refractivity contribution in [3.63, 3.8) is 0 Å². The third-order valence-electron chi connectivity index (χ3n) is 5.47. The molecule has 1 aliphatic heterocycles. The Kier molecular flexibility index (Phi) is 7.42. The van der Waals surface area contributed by atoms with Crippen molar-refractivity contribution in [2.45, 2.75) is 20.4 Å². The molecule has 3 aromatic carbocycles. The fraction of sp³-hybridized carbons (Fsp3) is 0.192. The van der Waals surface area contributed by atoms with Crippen LogP contribution in [0.4, 0.5) is 11.4 Å². The fourth-order valence-corrected chi connectivity index (χ4v) is 3.97. The molecule has 0 saturated heterocycles. The Hall–Kier alpha value is -3.36. The Balaban J connectivity index is 1.51. The lowest BCUT2D eigenvalue weighted by atomic mass is 10.1. The van der Waals surface area contributed by atoms with Crippen LogP contribution in [0.25, 0.3) is 0 Å². The molecule has 1 aliphatic rings. The van der Waals surface area contributed by atoms with Crippen molar-refractivity contribution < 1.29 is 19.1 Å². The molecule has 3 amide bonds. The van der Waals surface area contributed by atoms with E-state index in [0.717, 1.165) is 10.0 Å². The van der Waals surface area contributed by atoms with E-state index in [9.17, 15) is 14.4 Å². The average Bonchev–Trinajstić information content (AvgIpc) is 2.84. The summed E-state index contributed by atoms with van der Waals surface area (Å²) in [5.74, 6) is -0.432. The Morgan fingerprint density at radius 2 is 1.83 bits per heavy atom. The van der Waals surface area contributed by atoms with Crippen LogP contribution in [0.1, 0.15) is 40.1 Å². The molecule has 0 fully saturated rings. The summed E-state index contributed by atoms with van der Waals surface area (Å²) < 4.78 is 6.66. The van der Waals surface area contributed by atoms with Crippen molar-refractivity contribution >= 4 is 56.6 Å². The Morgan fingerprint density at radius 3 is 2.54 bits per heavy atom. The quantitative estimate of drug-likeness (QED) is 0.412. The van der Waals surface area contributed by atoms with Gasteiger partial charge in [0.15, 0.2) is 6.73 Å². The smallest absolute Gasteiger partial charge is 0.264 e. The highest BCUT2D eigenvalue weighted by Gasteiger charge is 2.27. The van der Waals surface area contributed by atoms with Crippen molar-refractivity contribution in [1.82, 2.24) is 5.32 Å². The Labute approximate surface area is 216 Å². The van der Waals surface area contributed by atoms with Crippen molar-refractivity contribution in [3.05, 3.63) is 86.8 Å². The lowest BCUT2D eigenvalue weighted by molar-refractivity contribution is -0.124. The van der Waals surface area contributed by atoms with Crippen LogP contribution in [-0.2, 0) is 11.3 Å². The van der Waals surface area contributed by atoms with Crippen LogP contribution in [0, 0.1) is 5.92 Å². The first kappa shape index (κ1) is 24.8. The van der Waals surface area contributed by atoms with Gasteiger partial charge in [0.2, 0.25) is 5.91 Å². The van der Waals surface area contributed by atoms with Crippen LogP contribution in [0.15, 0.2) is 65.1 Å². The number of rotatable bonds is 6. The molecule has 180 valence electrons. The molecule has 0 radical (unpaired) electrons. The molecule has 1 heterocycles. The summed E-state index contributed by atoms with van der Waals surface area (Å²) in [6.45, 7) is 3.99. The van der Waals surface area contributed by atoms with Gasteiger partial charge in [-0.2, -0.15) is 0 Å². The summed E-state index contributed by atoms with van der Waals surface area (Å²) in [5, 5.41) is 5.90. The number of halogens is 2. The van der Waals surface area contributed by atoms with Gasteiger partial charge < -0.3 is 15.4 Å². The third kappa shape index (κ3) is 5.66. The van der Waals surface area contributed by atoms with Crippen LogP contribution >= 0.6 is 27.5 Å². The highest BCUT2D eigenvalue weighted by molar-refractivity contribution is 9.10. The van der Waals surface area contributed by atoms with E-state index in [1.54, 1.807) is 36.4 Å². The van der Waals surface area contributed by atoms with E-state index in [4.69, 9.17) is 16.3 Å². The molecule has 2 N–H and O–H groups in total. The lowest BCUT2D eigenvalue weighted by Gasteiger charge is -2.29. The molecule has 9 heteroatoms. The largest absolute Gasteiger partial charge is 0.472 e. The number of carbonyl (C=O) groups is 3. The van der Waals surface area contributed by atoms with E-state index >= 15 is 0 Å². The molecule has 7 nitrogen and oxygen atoms in total. The SMILES string of the molecule is CC(C)C(=O)NCc1ccc(Cl)c(C(=O)Nc2ccc3c(c2)C(=O)N(c2ccc(Br)cc2)CO3)c1. The summed E-state index contributed by atoms with van der Waals surface area (Å²) in [6, 6.07) is 17.3. The molecule has 0 aliphatic carbocycles. The lowest BCUT2D eigenvalue weighted by Crippen LogP contribution is -2.38. The topological polar surface area (TPSA) is 87.7 Å². The van der Waals surface area contributed by atoms with Gasteiger partial charge in [0.05, 0.1) is 16.1 Å². The summed E-state index contributed by atoms with van der Waals surface area (Å²) in [6.07, 6.45) is 0. The maximum Gasteiger partial charge on any atom is 0.264 e. The molecular weight excluding hydrogens is 534 g/mol. The first-order valence-corrected chi connectivity index (χ1v) is 12.1. The van der Waals surface area contributed by atoms with Gasteiger partial charge in [-0.3, -0.25) is 19.3 Å². The van der Waals surface area contributed by atoms with Crippen LogP contribution < -0.4 is 20.3 Å². The predicted molar refractivity (Wildman–Crippen MR) is 139 cm³/mol. The highest BCUT2D eigenvalue weighted by Crippen LogP contribution is 2.31. The molecule has 35 heavy (non-hydrogen) atoms. The molecular formula is C26H23BrClN3O4. The first-order chi connectivity index (χ1) is 16.7. The van der Waals surface area contributed by atoms with Crippen LogP contribution in [0.2, 0.25) is 5.02 Å². The maximum absolute atomic E-state index is 13.1. The maximum atomic E-state index is 13.1. The van der Waals surface area contributed by atoms with Crippen LogP contribution in [0.3, 0.4) is 0 Å². The summed E-state index contributed by atoms with van der Waals surface area (Å²) in [5.41, 5.74) is 2.48. The van der Waals surface area contributed by atoms with Gasteiger partial charge in [-0.05, 0) is 60.2 Å². The van der Waals surface area contributed by atoms with E-state index in [2.05, 4.69) is 26.6 Å². The molecule has 3 aromatic rings. The Bertz CT molecular complexity index is 1290. The van der Waals surface area contributed by atoms with Crippen LogP contribution in [-0.4, -0.2) is 24.5 Å². The zero-order valence-corrected chi connectivity index (χ0v) is 21.4. The molecule has 0 atom stereocenters. The first-order valence-electron chi connectivity index (χ1n) is 10.9. The molecule has 0 unspecified atom stereocenters. The normalized spacial score (nSPS) is 12.7. The minimum Gasteiger partial charge on any atom is -0.472 e. The van der Waals surface area contributed by atoms with E-state index in [0.29, 0.717) is 22.7 Å². The van der Waals surface area contributed by atoms with Crippen molar-refractivity contribution in [1.29, 1.82) is 0 Å². The van der Waals surface area contributed by atoms with Gasteiger partial charge in [-0.15, -0.1) is 0 Å². The number of anilines is 2. The van der Waals surface area contributed by atoms with Gasteiger partial charge in [-0.1, -0.05) is 47.4 Å². The van der Waals surface area contributed by atoms with Crippen molar-refractivity contribution in [3.8, 4) is 5.75 Å². The van der Waals surface area contributed by atoms with E-state index < -0.39 is 5.91 Å². The zero-order chi connectivity index (χ0) is 25.1. The minimum absolute atomic E-state index is 0.0796. The van der Waals surface area contributed by atoms with Gasteiger partial charge >= 0.3 is 0 Å². The molecule has 0 spiro atoms. The van der Waals surface area contributed by atoms with Gasteiger partial charge in [-0.25, -0.2) is 0 Å². The molecule has 0 bridgehead atoms. The van der Waals surface area contributed by atoms with E-state index in [1.807, 2.05) is 38.1 Å². The number of ether oxygens (including phenoxy) is 1. The number of amides is 3. The molecule has 0 saturated carbocycles. The number of nitrogens with zero attached hydrogens (tertiary/aromatic N) is 1. The summed E-state index contributed by atoms with van der Waals surface area (Å²) >= 11 is 9.66. The van der Waals surface area contributed by atoms with Crippen molar-refractivity contribution in [2.24, 2.45) is 5.92 Å². The number of nitrogens with one attached hydrogen (secondary N) is 2. The standard InChI is InChI=1S/C26H23BrClN3O4/c1-15(2)24(32)29-13-16-3-9-22(28)20(11-16)25(33)30-18-6-10-23-21(12-18)26(34)31(14-35-23)19-7-4-17(27)5-8-19/h3-12,15H,13-14H2,1-2H3,(H,29,32)(H,30,33). The predicted octanol–water partition coefficient (Wildman–Crippen LogP) is 5.62. The summed E-state index contributed by atoms with van der Waals surface area (Å²) in [7, 11) is 0. The minimum atomic E-state index is -0.430. The molecule has 0 aromatic heterocycles. The second-order valence-electron chi connectivity index (χ2n) is 8.33. The Morgan fingerprint density at radius 1 is 1.09 bits per heavy atom. The van der Waals surface area contributed by atoms with Gasteiger partial charge in [0.25, 0.3) is 11.8 Å².